The standard InChI is InChI=1S/C10H16N2O2S/c1-3-4-10(2,9(13)14)12-6-8-5-11-7-15-8/h5,7,12H,3-4,6H2,1-2H3,(H,13,14). The number of hydrogen-bond acceptors (Lipinski definition) is 4. The predicted octanol–water partition coefficient (Wildman–Crippen LogP) is 1.88. The van der Waals surface area contributed by atoms with Crippen LogP contribution in [0.3, 0.4) is 0 Å². The molecule has 0 saturated carbocycles. The summed E-state index contributed by atoms with van der Waals surface area (Å²) in [5.74, 6) is -0.797. The largest absolute Gasteiger partial charge is 0.480 e. The number of rotatable bonds is 6. The molecule has 0 saturated heterocycles. The van der Waals surface area contributed by atoms with Gasteiger partial charge in [0.1, 0.15) is 5.54 Å². The first-order valence-corrected chi connectivity index (χ1v) is 5.82. The summed E-state index contributed by atoms with van der Waals surface area (Å²) in [6.07, 6.45) is 3.23. The molecule has 0 aliphatic heterocycles. The fraction of sp³-hybridized carbons (Fsp3) is 0.600. The monoisotopic (exact) mass is 228 g/mol. The maximum atomic E-state index is 11.1. The number of aromatic nitrogens is 1. The third-order valence-corrected chi connectivity index (χ3v) is 3.14. The first-order valence-electron chi connectivity index (χ1n) is 4.94. The van der Waals surface area contributed by atoms with E-state index in [4.69, 9.17) is 5.11 Å². The Hall–Kier alpha value is -0.940. The van der Waals surface area contributed by atoms with Gasteiger partial charge in [-0.05, 0) is 13.3 Å². The van der Waals surface area contributed by atoms with Crippen molar-refractivity contribution in [2.75, 3.05) is 0 Å². The van der Waals surface area contributed by atoms with E-state index in [-0.39, 0.29) is 0 Å². The minimum Gasteiger partial charge on any atom is -0.480 e. The van der Waals surface area contributed by atoms with E-state index in [9.17, 15) is 4.79 Å². The molecule has 1 atom stereocenters. The van der Waals surface area contributed by atoms with Crippen molar-refractivity contribution in [3.63, 3.8) is 0 Å². The third kappa shape index (κ3) is 3.28. The Kier molecular flexibility index (Phi) is 4.23. The fourth-order valence-electron chi connectivity index (χ4n) is 1.38. The van der Waals surface area contributed by atoms with Gasteiger partial charge in [-0.2, -0.15) is 0 Å². The Labute approximate surface area is 93.4 Å². The van der Waals surface area contributed by atoms with Crippen LogP contribution in [0.2, 0.25) is 0 Å². The Morgan fingerprint density at radius 3 is 2.93 bits per heavy atom. The number of nitrogens with zero attached hydrogens (tertiary/aromatic N) is 1. The van der Waals surface area contributed by atoms with Gasteiger partial charge in [0, 0.05) is 17.6 Å². The van der Waals surface area contributed by atoms with Gasteiger partial charge in [-0.1, -0.05) is 13.3 Å². The first-order chi connectivity index (χ1) is 7.08. The van der Waals surface area contributed by atoms with Crippen LogP contribution in [-0.4, -0.2) is 21.6 Å². The molecule has 84 valence electrons. The van der Waals surface area contributed by atoms with Crippen LogP contribution in [0.4, 0.5) is 0 Å². The lowest BCUT2D eigenvalue weighted by Gasteiger charge is -2.25. The minimum absolute atomic E-state index is 0.563. The number of carboxylic acids is 1. The van der Waals surface area contributed by atoms with Gasteiger partial charge in [0.15, 0.2) is 0 Å². The highest BCUT2D eigenvalue weighted by Crippen LogP contribution is 2.14. The van der Waals surface area contributed by atoms with Crippen LogP contribution in [0.1, 0.15) is 31.6 Å². The van der Waals surface area contributed by atoms with Crippen molar-refractivity contribution in [2.45, 2.75) is 38.8 Å². The second-order valence-corrected chi connectivity index (χ2v) is 4.68. The molecule has 0 aliphatic rings. The highest BCUT2D eigenvalue weighted by molar-refractivity contribution is 7.09. The van der Waals surface area contributed by atoms with E-state index in [1.54, 1.807) is 18.6 Å². The molecule has 0 aliphatic carbocycles. The predicted molar refractivity (Wildman–Crippen MR) is 59.9 cm³/mol. The molecule has 5 heteroatoms. The van der Waals surface area contributed by atoms with Gasteiger partial charge in [-0.15, -0.1) is 11.3 Å². The van der Waals surface area contributed by atoms with Crippen molar-refractivity contribution in [1.29, 1.82) is 0 Å². The van der Waals surface area contributed by atoms with Crippen molar-refractivity contribution in [3.8, 4) is 0 Å². The van der Waals surface area contributed by atoms with Gasteiger partial charge in [0.2, 0.25) is 0 Å². The second-order valence-electron chi connectivity index (χ2n) is 3.71. The van der Waals surface area contributed by atoms with Crippen LogP contribution in [0.5, 0.6) is 0 Å². The van der Waals surface area contributed by atoms with E-state index in [0.29, 0.717) is 13.0 Å². The van der Waals surface area contributed by atoms with Crippen LogP contribution in [0.15, 0.2) is 11.7 Å². The summed E-state index contributed by atoms with van der Waals surface area (Å²) >= 11 is 1.53. The summed E-state index contributed by atoms with van der Waals surface area (Å²) in [4.78, 5) is 16.1. The normalized spacial score (nSPS) is 14.8. The van der Waals surface area contributed by atoms with Crippen LogP contribution in [-0.2, 0) is 11.3 Å². The number of aliphatic carboxylic acids is 1. The molecule has 0 spiro atoms. The number of carboxylic acid groups (broad SMARTS) is 1. The number of hydrogen-bond donors (Lipinski definition) is 2. The van der Waals surface area contributed by atoms with Gasteiger partial charge in [0.25, 0.3) is 0 Å². The van der Waals surface area contributed by atoms with E-state index < -0.39 is 11.5 Å². The molecule has 1 rings (SSSR count). The maximum absolute atomic E-state index is 11.1. The van der Waals surface area contributed by atoms with E-state index in [1.807, 2.05) is 6.92 Å². The smallest absolute Gasteiger partial charge is 0.323 e. The zero-order valence-corrected chi connectivity index (χ0v) is 9.80. The highest BCUT2D eigenvalue weighted by atomic mass is 32.1. The quantitative estimate of drug-likeness (QED) is 0.780. The lowest BCUT2D eigenvalue weighted by atomic mass is 9.96. The van der Waals surface area contributed by atoms with Crippen LogP contribution in [0.25, 0.3) is 0 Å². The fourth-order valence-corrected chi connectivity index (χ4v) is 1.92. The highest BCUT2D eigenvalue weighted by Gasteiger charge is 2.31. The summed E-state index contributed by atoms with van der Waals surface area (Å²) in [6.45, 7) is 4.27. The molecule has 0 fully saturated rings. The van der Waals surface area contributed by atoms with Crippen molar-refractivity contribution in [3.05, 3.63) is 16.6 Å². The van der Waals surface area contributed by atoms with Crippen molar-refractivity contribution in [1.82, 2.24) is 10.3 Å². The minimum atomic E-state index is -0.835. The van der Waals surface area contributed by atoms with Crippen molar-refractivity contribution in [2.24, 2.45) is 0 Å². The Morgan fingerprint density at radius 2 is 2.47 bits per heavy atom. The zero-order valence-electron chi connectivity index (χ0n) is 8.99. The average Bonchev–Trinajstić information content (AvgIpc) is 2.67. The number of thiazole rings is 1. The van der Waals surface area contributed by atoms with Gasteiger partial charge in [0.05, 0.1) is 5.51 Å². The van der Waals surface area contributed by atoms with E-state index in [1.165, 1.54) is 11.3 Å². The summed E-state index contributed by atoms with van der Waals surface area (Å²) in [7, 11) is 0. The Balaban J connectivity index is 2.56. The Morgan fingerprint density at radius 1 is 1.73 bits per heavy atom. The summed E-state index contributed by atoms with van der Waals surface area (Å²) in [5, 5.41) is 12.2. The summed E-state index contributed by atoms with van der Waals surface area (Å²) in [6, 6.07) is 0. The van der Waals surface area contributed by atoms with Crippen molar-refractivity contribution >= 4 is 17.3 Å². The van der Waals surface area contributed by atoms with Crippen molar-refractivity contribution < 1.29 is 9.90 Å². The molecule has 0 bridgehead atoms. The molecular formula is C10H16N2O2S. The van der Waals surface area contributed by atoms with Crippen LogP contribution >= 0.6 is 11.3 Å². The summed E-state index contributed by atoms with van der Waals surface area (Å²) in [5.41, 5.74) is 0.910. The number of nitrogens with one attached hydrogen (secondary N) is 1. The SMILES string of the molecule is CCCC(C)(NCc1cncs1)C(=O)O. The molecule has 2 N–H and O–H groups in total. The van der Waals surface area contributed by atoms with Gasteiger partial charge >= 0.3 is 5.97 Å². The lowest BCUT2D eigenvalue weighted by molar-refractivity contribution is -0.144. The lowest BCUT2D eigenvalue weighted by Crippen LogP contribution is -2.48. The zero-order chi connectivity index (χ0) is 11.3. The molecule has 4 nitrogen and oxygen atoms in total. The Bertz CT molecular complexity index is 313. The molecule has 1 aromatic rings. The van der Waals surface area contributed by atoms with Crippen LogP contribution < -0.4 is 5.32 Å². The molecule has 0 amide bonds. The van der Waals surface area contributed by atoms with Crippen LogP contribution in [0, 0.1) is 0 Å². The first kappa shape index (κ1) is 12.1. The molecule has 0 aromatic carbocycles. The molecule has 15 heavy (non-hydrogen) atoms. The molecule has 1 aromatic heterocycles. The van der Waals surface area contributed by atoms with E-state index in [2.05, 4.69) is 10.3 Å². The number of carbonyl (C=O) groups is 1. The molecule has 1 unspecified atom stereocenters. The molecular weight excluding hydrogens is 212 g/mol. The maximum Gasteiger partial charge on any atom is 0.323 e. The van der Waals surface area contributed by atoms with Gasteiger partial charge < -0.3 is 5.11 Å². The molecule has 1 heterocycles. The average molecular weight is 228 g/mol. The second kappa shape index (κ2) is 5.23. The van der Waals surface area contributed by atoms with E-state index >= 15 is 0 Å². The van der Waals surface area contributed by atoms with Gasteiger partial charge in [-0.25, -0.2) is 0 Å². The van der Waals surface area contributed by atoms with Gasteiger partial charge in [-0.3, -0.25) is 15.1 Å². The van der Waals surface area contributed by atoms with E-state index in [0.717, 1.165) is 11.3 Å². The third-order valence-electron chi connectivity index (χ3n) is 2.36. The molecule has 0 radical (unpaired) electrons. The topological polar surface area (TPSA) is 62.2 Å². The summed E-state index contributed by atoms with van der Waals surface area (Å²) < 4.78 is 0.